The smallest absolute Gasteiger partial charge is 0.408 e. The second-order valence-corrected chi connectivity index (χ2v) is 8.43. The van der Waals surface area contributed by atoms with E-state index in [2.05, 4.69) is 11.2 Å². The summed E-state index contributed by atoms with van der Waals surface area (Å²) in [4.78, 5) is 38.7. The van der Waals surface area contributed by atoms with Crippen LogP contribution in [-0.2, 0) is 14.3 Å². The van der Waals surface area contributed by atoms with E-state index in [1.54, 1.807) is 20.8 Å². The lowest BCUT2D eigenvalue weighted by Crippen LogP contribution is -2.60. The zero-order chi connectivity index (χ0) is 20.2. The van der Waals surface area contributed by atoms with Gasteiger partial charge in [-0.2, -0.15) is 0 Å². The van der Waals surface area contributed by atoms with E-state index in [1.807, 2.05) is 0 Å². The number of hydrogen-bond donors (Lipinski definition) is 2. The fourth-order valence-electron chi connectivity index (χ4n) is 4.00. The molecule has 27 heavy (non-hydrogen) atoms. The van der Waals surface area contributed by atoms with Crippen LogP contribution < -0.4 is 5.32 Å². The van der Waals surface area contributed by atoms with Crippen molar-refractivity contribution in [3.63, 3.8) is 0 Å². The zero-order valence-electron chi connectivity index (χ0n) is 16.4. The lowest BCUT2D eigenvalue weighted by Gasteiger charge is -2.37. The fraction of sp³-hybridized carbons (Fsp3) is 0.750. The van der Waals surface area contributed by atoms with E-state index in [4.69, 9.17) is 11.2 Å². The fourth-order valence-corrected chi connectivity index (χ4v) is 4.00. The number of rotatable bonds is 4. The van der Waals surface area contributed by atoms with E-state index < -0.39 is 35.2 Å². The number of likely N-dealkylation sites (tertiary alicyclic amines) is 1. The summed E-state index contributed by atoms with van der Waals surface area (Å²) in [5, 5.41) is 12.4. The lowest BCUT2D eigenvalue weighted by atomic mass is 9.83. The molecular formula is C20H30N2O5. The summed E-state index contributed by atoms with van der Waals surface area (Å²) in [6, 6.07) is -0.828. The zero-order valence-corrected chi connectivity index (χ0v) is 16.4. The Morgan fingerprint density at radius 3 is 2.37 bits per heavy atom. The van der Waals surface area contributed by atoms with Gasteiger partial charge in [0.1, 0.15) is 11.6 Å². The minimum atomic E-state index is -1.64. The maximum Gasteiger partial charge on any atom is 0.408 e. The standard InChI is InChI=1S/C20H30N2O5/c1-5-20(17(24)25)12-9-13-22(20)16(23)15(14-10-7-6-8-11-14)21-18(26)27-19(2,3)4/h1,14-15H,6-13H2,2-4H3,(H,21,26)(H,24,25)/t15-,20+/m0/s1. The van der Waals surface area contributed by atoms with Crippen LogP contribution in [-0.4, -0.2) is 51.7 Å². The van der Waals surface area contributed by atoms with Gasteiger partial charge in [-0.25, -0.2) is 9.59 Å². The molecule has 1 saturated heterocycles. The Labute approximate surface area is 160 Å². The largest absolute Gasteiger partial charge is 0.479 e. The van der Waals surface area contributed by atoms with E-state index in [0.29, 0.717) is 6.42 Å². The van der Waals surface area contributed by atoms with E-state index >= 15 is 0 Å². The molecule has 2 fully saturated rings. The van der Waals surface area contributed by atoms with Crippen molar-refractivity contribution in [2.45, 2.75) is 82.9 Å². The van der Waals surface area contributed by atoms with Gasteiger partial charge in [-0.1, -0.05) is 25.2 Å². The maximum absolute atomic E-state index is 13.3. The van der Waals surface area contributed by atoms with Crippen LogP contribution in [0.25, 0.3) is 0 Å². The topological polar surface area (TPSA) is 95.9 Å². The number of carboxylic acids is 1. The number of nitrogens with one attached hydrogen (secondary N) is 1. The highest BCUT2D eigenvalue weighted by atomic mass is 16.6. The van der Waals surface area contributed by atoms with E-state index in [0.717, 1.165) is 32.1 Å². The van der Waals surface area contributed by atoms with Crippen LogP contribution in [0.5, 0.6) is 0 Å². The van der Waals surface area contributed by atoms with Crippen molar-refractivity contribution in [2.24, 2.45) is 5.92 Å². The number of alkyl carbamates (subject to hydrolysis) is 1. The average molecular weight is 378 g/mol. The van der Waals surface area contributed by atoms with Crippen molar-refractivity contribution in [3.05, 3.63) is 0 Å². The van der Waals surface area contributed by atoms with Crippen LogP contribution in [0.2, 0.25) is 0 Å². The van der Waals surface area contributed by atoms with E-state index in [1.165, 1.54) is 4.90 Å². The molecule has 2 aliphatic rings. The first-order valence-electron chi connectivity index (χ1n) is 9.63. The van der Waals surface area contributed by atoms with Gasteiger partial charge in [0.15, 0.2) is 0 Å². The molecule has 2 atom stereocenters. The molecule has 0 aromatic rings. The van der Waals surface area contributed by atoms with Crippen molar-refractivity contribution < 1.29 is 24.2 Å². The van der Waals surface area contributed by atoms with Crippen LogP contribution in [0.15, 0.2) is 0 Å². The third-order valence-electron chi connectivity index (χ3n) is 5.30. The minimum Gasteiger partial charge on any atom is -0.479 e. The number of ether oxygens (including phenoxy) is 1. The molecule has 1 saturated carbocycles. The predicted molar refractivity (Wildman–Crippen MR) is 99.9 cm³/mol. The number of nitrogens with zero attached hydrogens (tertiary/aromatic N) is 1. The van der Waals surface area contributed by atoms with Gasteiger partial charge in [0, 0.05) is 6.54 Å². The predicted octanol–water partition coefficient (Wildman–Crippen LogP) is 2.54. The molecule has 2 amide bonds. The highest BCUT2D eigenvalue weighted by Crippen LogP contribution is 2.33. The number of carboxylic acid groups (broad SMARTS) is 1. The molecular weight excluding hydrogens is 348 g/mol. The molecule has 7 nitrogen and oxygen atoms in total. The second-order valence-electron chi connectivity index (χ2n) is 8.43. The van der Waals surface area contributed by atoms with Crippen LogP contribution in [0.3, 0.4) is 0 Å². The molecule has 0 radical (unpaired) electrons. The number of carbonyl (C=O) groups excluding carboxylic acids is 2. The van der Waals surface area contributed by atoms with Gasteiger partial charge < -0.3 is 20.1 Å². The first-order chi connectivity index (χ1) is 12.6. The molecule has 2 N–H and O–H groups in total. The first kappa shape index (κ1) is 21.1. The Balaban J connectivity index is 2.26. The molecule has 2 rings (SSSR count). The minimum absolute atomic E-state index is 0.0522. The summed E-state index contributed by atoms with van der Waals surface area (Å²) in [5.41, 5.74) is -2.33. The first-order valence-corrected chi connectivity index (χ1v) is 9.63. The van der Waals surface area contributed by atoms with Crippen LogP contribution in [0.4, 0.5) is 4.79 Å². The van der Waals surface area contributed by atoms with Crippen molar-refractivity contribution in [1.29, 1.82) is 0 Å². The summed E-state index contributed by atoms with van der Waals surface area (Å²) < 4.78 is 5.32. The Hall–Kier alpha value is -2.23. The second kappa shape index (κ2) is 8.20. The van der Waals surface area contributed by atoms with Gasteiger partial charge in [0.05, 0.1) is 0 Å². The molecule has 7 heteroatoms. The Kier molecular flexibility index (Phi) is 6.40. The third-order valence-corrected chi connectivity index (χ3v) is 5.30. The van der Waals surface area contributed by atoms with Gasteiger partial charge >= 0.3 is 12.1 Å². The van der Waals surface area contributed by atoms with Gasteiger partial charge in [-0.3, -0.25) is 4.79 Å². The summed E-state index contributed by atoms with van der Waals surface area (Å²) in [6.45, 7) is 5.52. The molecule has 1 aliphatic carbocycles. The SMILES string of the molecule is C#C[C@]1(C(=O)O)CCCN1C(=O)[C@@H](NC(=O)OC(C)(C)C)C1CCCCC1. The molecule has 0 bridgehead atoms. The summed E-state index contributed by atoms with van der Waals surface area (Å²) in [7, 11) is 0. The summed E-state index contributed by atoms with van der Waals surface area (Å²) in [5.74, 6) is 0.643. The molecule has 1 aliphatic heterocycles. The van der Waals surface area contributed by atoms with Crippen molar-refractivity contribution in [1.82, 2.24) is 10.2 Å². The third kappa shape index (κ3) is 4.74. The average Bonchev–Trinajstić information content (AvgIpc) is 3.03. The quantitative estimate of drug-likeness (QED) is 0.733. The number of amides is 2. The number of hydrogen-bond acceptors (Lipinski definition) is 4. The van der Waals surface area contributed by atoms with E-state index in [9.17, 15) is 19.5 Å². The van der Waals surface area contributed by atoms with E-state index in [-0.39, 0.29) is 18.9 Å². The number of carbonyl (C=O) groups is 3. The van der Waals surface area contributed by atoms with Crippen molar-refractivity contribution in [3.8, 4) is 12.3 Å². The summed E-state index contributed by atoms with van der Waals surface area (Å²) in [6.07, 6.45) is 10.2. The molecule has 0 unspecified atom stereocenters. The Bertz CT molecular complexity index is 627. The Morgan fingerprint density at radius 1 is 1.22 bits per heavy atom. The maximum atomic E-state index is 13.3. The molecule has 1 heterocycles. The molecule has 0 aromatic heterocycles. The van der Waals surface area contributed by atoms with Gasteiger partial charge in [0.25, 0.3) is 0 Å². The normalized spacial score (nSPS) is 24.7. The van der Waals surface area contributed by atoms with Crippen LogP contribution in [0, 0.1) is 18.3 Å². The van der Waals surface area contributed by atoms with Crippen molar-refractivity contribution in [2.75, 3.05) is 6.54 Å². The van der Waals surface area contributed by atoms with Crippen LogP contribution >= 0.6 is 0 Å². The number of terminal acetylenes is 1. The van der Waals surface area contributed by atoms with Crippen molar-refractivity contribution >= 4 is 18.0 Å². The monoisotopic (exact) mass is 378 g/mol. The lowest BCUT2D eigenvalue weighted by molar-refractivity contribution is -0.154. The van der Waals surface area contributed by atoms with Crippen LogP contribution in [0.1, 0.15) is 65.7 Å². The highest BCUT2D eigenvalue weighted by molar-refractivity contribution is 5.94. The van der Waals surface area contributed by atoms with Gasteiger partial charge in [-0.15, -0.1) is 6.42 Å². The number of aliphatic carboxylic acids is 1. The molecule has 0 aromatic carbocycles. The van der Waals surface area contributed by atoms with Gasteiger partial charge in [-0.05, 0) is 52.4 Å². The Morgan fingerprint density at radius 2 is 1.85 bits per heavy atom. The van der Waals surface area contributed by atoms with Gasteiger partial charge in [0.2, 0.25) is 11.4 Å². The highest BCUT2D eigenvalue weighted by Gasteiger charge is 2.51. The molecule has 150 valence electrons. The molecule has 0 spiro atoms. The summed E-state index contributed by atoms with van der Waals surface area (Å²) >= 11 is 0.